The summed E-state index contributed by atoms with van der Waals surface area (Å²) in [6, 6.07) is 17.5. The summed E-state index contributed by atoms with van der Waals surface area (Å²) in [5.74, 6) is 0.210. The lowest BCUT2D eigenvalue weighted by Gasteiger charge is -2.13. The van der Waals surface area contributed by atoms with Gasteiger partial charge in [-0.1, -0.05) is 25.5 Å². The van der Waals surface area contributed by atoms with E-state index in [1.807, 2.05) is 42.7 Å². The lowest BCUT2D eigenvalue weighted by Crippen LogP contribution is -2.11. The van der Waals surface area contributed by atoms with Gasteiger partial charge in [-0.05, 0) is 104 Å². The van der Waals surface area contributed by atoms with Crippen LogP contribution in [0.3, 0.4) is 0 Å². The van der Waals surface area contributed by atoms with Crippen LogP contribution in [0, 0.1) is 12.7 Å². The molecule has 0 radical (unpaired) electrons. The molecule has 0 aliphatic heterocycles. The zero-order valence-corrected chi connectivity index (χ0v) is 27.7. The Morgan fingerprint density at radius 1 is 1.00 bits per heavy atom. The fourth-order valence-corrected chi connectivity index (χ4v) is 5.96. The molecule has 1 aromatic heterocycles. The number of hydrogen-bond acceptors (Lipinski definition) is 6. The molecule has 0 spiro atoms. The Morgan fingerprint density at radius 2 is 1.76 bits per heavy atom. The molecule has 0 unspecified atom stereocenters. The first kappa shape index (κ1) is 34.7. The number of carbonyl (C=O) groups excluding carboxylic acids is 1. The van der Waals surface area contributed by atoms with Crippen LogP contribution in [0.5, 0.6) is 11.5 Å². The SMILES string of the molecule is CCCCOCCOc1ccc(-c2cc(F)c(OCC)c(/C=C/C(=O)Nc3ccc([S@@+]([O-])Cc4c(C)ncn4CC)cc3)c2)cc1. The van der Waals surface area contributed by atoms with Crippen molar-refractivity contribution in [2.45, 2.75) is 57.7 Å². The Balaban J connectivity index is 1.40. The van der Waals surface area contributed by atoms with Crippen LogP contribution in [0.1, 0.15) is 50.6 Å². The van der Waals surface area contributed by atoms with E-state index >= 15 is 4.39 Å². The van der Waals surface area contributed by atoms with Crippen molar-refractivity contribution in [3.8, 4) is 22.6 Å². The molecule has 10 heteroatoms. The maximum absolute atomic E-state index is 15.2. The lowest BCUT2D eigenvalue weighted by molar-refractivity contribution is -0.111. The number of rotatable bonds is 17. The molecule has 1 amide bonds. The molecule has 3 aromatic carbocycles. The summed E-state index contributed by atoms with van der Waals surface area (Å²) in [7, 11) is 0. The topological polar surface area (TPSA) is 97.7 Å². The van der Waals surface area contributed by atoms with Crippen molar-refractivity contribution in [1.82, 2.24) is 9.55 Å². The van der Waals surface area contributed by atoms with Crippen LogP contribution >= 0.6 is 0 Å². The van der Waals surface area contributed by atoms with E-state index < -0.39 is 22.9 Å². The predicted molar refractivity (Wildman–Crippen MR) is 181 cm³/mol. The van der Waals surface area contributed by atoms with E-state index in [0.29, 0.717) is 46.4 Å². The number of aryl methyl sites for hydroxylation is 2. The normalized spacial score (nSPS) is 12.0. The molecule has 4 rings (SSSR count). The monoisotopic (exact) mass is 647 g/mol. The summed E-state index contributed by atoms with van der Waals surface area (Å²) in [5.41, 5.74) is 4.22. The highest BCUT2D eigenvalue weighted by Crippen LogP contribution is 2.32. The number of benzene rings is 3. The number of nitrogens with one attached hydrogen (secondary N) is 1. The van der Waals surface area contributed by atoms with E-state index in [4.69, 9.17) is 14.2 Å². The highest BCUT2D eigenvalue weighted by atomic mass is 32.2. The number of nitrogens with zero attached hydrogens (tertiary/aromatic N) is 2. The van der Waals surface area contributed by atoms with Crippen LogP contribution in [0.25, 0.3) is 17.2 Å². The highest BCUT2D eigenvalue weighted by molar-refractivity contribution is 7.90. The molecule has 0 aliphatic rings. The van der Waals surface area contributed by atoms with Crippen molar-refractivity contribution >= 4 is 28.8 Å². The first-order chi connectivity index (χ1) is 22.3. The molecule has 1 atom stereocenters. The Morgan fingerprint density at radius 3 is 2.46 bits per heavy atom. The lowest BCUT2D eigenvalue weighted by atomic mass is 10.0. The van der Waals surface area contributed by atoms with E-state index in [-0.39, 0.29) is 12.4 Å². The largest absolute Gasteiger partial charge is 0.611 e. The van der Waals surface area contributed by atoms with Gasteiger partial charge in [0.15, 0.2) is 22.2 Å². The number of carbonyl (C=O) groups is 1. The number of halogens is 1. The molecule has 0 fully saturated rings. The number of anilines is 1. The number of ether oxygens (including phenoxy) is 3. The zero-order valence-electron chi connectivity index (χ0n) is 26.9. The number of unbranched alkanes of at least 4 members (excludes halogenated alkanes) is 1. The van der Waals surface area contributed by atoms with Gasteiger partial charge in [0, 0.05) is 30.5 Å². The van der Waals surface area contributed by atoms with Gasteiger partial charge in [-0.3, -0.25) is 4.79 Å². The molecule has 0 aliphatic carbocycles. The van der Waals surface area contributed by atoms with Gasteiger partial charge in [0.1, 0.15) is 12.4 Å². The summed E-state index contributed by atoms with van der Waals surface area (Å²) >= 11 is -1.26. The summed E-state index contributed by atoms with van der Waals surface area (Å²) in [6.07, 6.45) is 6.75. The van der Waals surface area contributed by atoms with Gasteiger partial charge in [-0.2, -0.15) is 0 Å². The van der Waals surface area contributed by atoms with Crippen LogP contribution in [0.2, 0.25) is 0 Å². The zero-order chi connectivity index (χ0) is 32.9. The van der Waals surface area contributed by atoms with Gasteiger partial charge in [0.05, 0.1) is 30.9 Å². The minimum Gasteiger partial charge on any atom is -0.611 e. The van der Waals surface area contributed by atoms with Gasteiger partial charge in [-0.15, -0.1) is 0 Å². The molecule has 1 heterocycles. The summed E-state index contributed by atoms with van der Waals surface area (Å²) in [6.45, 7) is 10.6. The number of amides is 1. The summed E-state index contributed by atoms with van der Waals surface area (Å²) < 4.78 is 47.0. The second-order valence-corrected chi connectivity index (χ2v) is 12.0. The van der Waals surface area contributed by atoms with Crippen LogP contribution in [-0.2, 0) is 33.0 Å². The molecule has 0 saturated carbocycles. The van der Waals surface area contributed by atoms with E-state index in [2.05, 4.69) is 17.2 Å². The van der Waals surface area contributed by atoms with E-state index in [0.717, 1.165) is 42.9 Å². The quantitative estimate of drug-likeness (QED) is 0.0721. The second-order valence-electron chi connectivity index (χ2n) is 10.5. The summed E-state index contributed by atoms with van der Waals surface area (Å²) in [4.78, 5) is 17.8. The molecular weight excluding hydrogens is 605 g/mol. The van der Waals surface area contributed by atoms with Crippen molar-refractivity contribution in [2.75, 3.05) is 31.7 Å². The number of imidazole rings is 1. The van der Waals surface area contributed by atoms with Crippen LogP contribution < -0.4 is 14.8 Å². The number of aromatic nitrogens is 2. The maximum Gasteiger partial charge on any atom is 0.248 e. The number of hydrogen-bond donors (Lipinski definition) is 1. The molecule has 0 saturated heterocycles. The van der Waals surface area contributed by atoms with Crippen molar-refractivity contribution in [2.24, 2.45) is 0 Å². The van der Waals surface area contributed by atoms with Crippen molar-refractivity contribution in [3.05, 3.63) is 95.8 Å². The fourth-order valence-electron chi connectivity index (χ4n) is 4.73. The van der Waals surface area contributed by atoms with Crippen LogP contribution in [0.15, 0.2) is 78.0 Å². The van der Waals surface area contributed by atoms with Crippen molar-refractivity contribution in [1.29, 1.82) is 0 Å². The van der Waals surface area contributed by atoms with Crippen LogP contribution in [0.4, 0.5) is 10.1 Å². The standard InChI is InChI=1S/C36H42FN3O5S/c1-5-8-19-43-20-21-45-31-14-9-27(10-15-31)29-22-28(36(44-7-3)33(37)23-29)11-18-35(41)39-30-12-16-32(17-13-30)46(42)24-34-26(4)38-25-40(34)6-2/h9-18,22-23,25H,5-8,19-21,24H2,1-4H3,(H,39,41)/b18-11+/t46-/m0/s1. The minimum absolute atomic E-state index is 0.0739. The fraction of sp³-hybridized carbons (Fsp3) is 0.333. The Kier molecular flexibility index (Phi) is 13.3. The molecule has 4 aromatic rings. The third kappa shape index (κ3) is 9.69. The van der Waals surface area contributed by atoms with E-state index in [1.165, 1.54) is 18.2 Å². The second kappa shape index (κ2) is 17.5. The smallest absolute Gasteiger partial charge is 0.248 e. The first-order valence-electron chi connectivity index (χ1n) is 15.6. The highest BCUT2D eigenvalue weighted by Gasteiger charge is 2.18. The van der Waals surface area contributed by atoms with Gasteiger partial charge >= 0.3 is 0 Å². The van der Waals surface area contributed by atoms with Crippen LogP contribution in [-0.4, -0.2) is 46.4 Å². The third-order valence-corrected chi connectivity index (χ3v) is 8.58. The first-order valence-corrected chi connectivity index (χ1v) is 16.9. The van der Waals surface area contributed by atoms with Gasteiger partial charge in [0.25, 0.3) is 0 Å². The van der Waals surface area contributed by atoms with Gasteiger partial charge in [0.2, 0.25) is 5.91 Å². The average molecular weight is 648 g/mol. The predicted octanol–water partition coefficient (Wildman–Crippen LogP) is 7.57. The Bertz CT molecular complexity index is 1590. The Hall–Kier alpha value is -4.12. The molecule has 0 bridgehead atoms. The molecule has 8 nitrogen and oxygen atoms in total. The molecule has 244 valence electrons. The van der Waals surface area contributed by atoms with Gasteiger partial charge in [-0.25, -0.2) is 9.37 Å². The minimum atomic E-state index is -1.26. The van der Waals surface area contributed by atoms with Gasteiger partial charge < -0.3 is 28.6 Å². The maximum atomic E-state index is 15.2. The van der Waals surface area contributed by atoms with Crippen molar-refractivity contribution in [3.63, 3.8) is 0 Å². The van der Waals surface area contributed by atoms with E-state index in [9.17, 15) is 9.35 Å². The molecule has 46 heavy (non-hydrogen) atoms. The van der Waals surface area contributed by atoms with Crippen molar-refractivity contribution < 1.29 is 27.9 Å². The molecule has 1 N–H and O–H groups in total. The molecular formula is C36H42FN3O5S. The van der Waals surface area contributed by atoms with E-state index in [1.54, 1.807) is 43.6 Å². The summed E-state index contributed by atoms with van der Waals surface area (Å²) in [5, 5.41) is 2.80. The average Bonchev–Trinajstić information content (AvgIpc) is 3.41. The third-order valence-electron chi connectivity index (χ3n) is 7.25. The Labute approximate surface area is 273 Å².